The maximum Gasteiger partial charge on any atom is 0.302 e. The zero-order valence-electron chi connectivity index (χ0n) is 21.2. The quantitative estimate of drug-likeness (QED) is 0.575. The topological polar surface area (TPSA) is 104 Å². The second-order valence-corrected chi connectivity index (χ2v) is 12.5. The highest BCUT2D eigenvalue weighted by molar-refractivity contribution is 5.99. The van der Waals surface area contributed by atoms with E-state index in [1.807, 2.05) is 0 Å². The van der Waals surface area contributed by atoms with Gasteiger partial charge in [0.25, 0.3) is 0 Å². The zero-order valence-corrected chi connectivity index (χ0v) is 21.2. The van der Waals surface area contributed by atoms with E-state index in [4.69, 9.17) is 23.7 Å². The van der Waals surface area contributed by atoms with Crippen LogP contribution in [0.25, 0.3) is 0 Å². The van der Waals surface area contributed by atoms with Crippen LogP contribution in [0.1, 0.15) is 46.5 Å². The third-order valence-electron chi connectivity index (χ3n) is 11.7. The second-order valence-electron chi connectivity index (χ2n) is 12.5. The molecule has 7 rings (SSSR count). The number of piperidine rings is 1. The Bertz CT molecular complexity index is 1010. The zero-order chi connectivity index (χ0) is 24.8. The molecule has 0 radical (unpaired) electrons. The molecular weight excluding hydrogens is 454 g/mol. The molecule has 0 aromatic carbocycles. The first-order chi connectivity index (χ1) is 16.6. The highest BCUT2D eigenvalue weighted by atomic mass is 16.7. The Morgan fingerprint density at radius 3 is 2.66 bits per heavy atom. The van der Waals surface area contributed by atoms with Crippen LogP contribution in [0.5, 0.6) is 0 Å². The predicted octanol–water partition coefficient (Wildman–Crippen LogP) is 0.904. The summed E-state index contributed by atoms with van der Waals surface area (Å²) >= 11 is 0. The van der Waals surface area contributed by atoms with Gasteiger partial charge >= 0.3 is 5.97 Å². The van der Waals surface area contributed by atoms with Crippen LogP contribution in [0.15, 0.2) is 0 Å². The number of fused-ring (bicyclic) bond motifs is 1. The van der Waals surface area contributed by atoms with E-state index in [9.17, 15) is 14.7 Å². The molecule has 0 amide bonds. The number of aliphatic hydroxyl groups is 1. The Balaban J connectivity index is 1.59. The Kier molecular flexibility index (Phi) is 4.39. The molecule has 12 atom stereocenters. The Hall–Kier alpha value is -1.10. The van der Waals surface area contributed by atoms with Gasteiger partial charge in [-0.2, -0.15) is 0 Å². The standard InChI is InChI=1S/C26H37NO8/c1-6-27-11-22(3)8-7-16(32-5)25-19(22)20(29)26(21(25)27)24(33-12-34-26)10-15(31-4)14-9-23(25,30)18(24)17(14)35-13(2)28/h14-19,21,30H,6-12H2,1-5H3/t14-,15+,16+,17+,18+,19-,21+,22+,23+,24-,25-,26-/m1/s1. The maximum absolute atomic E-state index is 14.9. The summed E-state index contributed by atoms with van der Waals surface area (Å²) in [6, 6.07) is -0.382. The molecule has 7 fully saturated rings. The lowest BCUT2D eigenvalue weighted by Gasteiger charge is -2.71. The first kappa shape index (κ1) is 23.0. The van der Waals surface area contributed by atoms with Crippen LogP contribution in [0.4, 0.5) is 0 Å². The lowest BCUT2D eigenvalue weighted by Crippen LogP contribution is -2.85. The number of esters is 1. The van der Waals surface area contributed by atoms with Crippen LogP contribution in [0.2, 0.25) is 0 Å². The van der Waals surface area contributed by atoms with Crippen molar-refractivity contribution in [1.29, 1.82) is 0 Å². The summed E-state index contributed by atoms with van der Waals surface area (Å²) < 4.78 is 31.3. The smallest absolute Gasteiger partial charge is 0.302 e. The van der Waals surface area contributed by atoms with Gasteiger partial charge in [-0.3, -0.25) is 14.5 Å². The van der Waals surface area contributed by atoms with E-state index in [2.05, 4.69) is 18.7 Å². The molecule has 5 aliphatic carbocycles. The fourth-order valence-electron chi connectivity index (χ4n) is 11.1. The highest BCUT2D eigenvalue weighted by Crippen LogP contribution is 2.82. The molecule has 9 heteroatoms. The Labute approximate surface area is 205 Å². The van der Waals surface area contributed by atoms with Gasteiger partial charge in [0, 0.05) is 45.9 Å². The van der Waals surface area contributed by atoms with E-state index in [1.165, 1.54) is 6.92 Å². The minimum atomic E-state index is -1.35. The van der Waals surface area contributed by atoms with Crippen LogP contribution < -0.4 is 0 Å². The molecule has 2 heterocycles. The molecule has 35 heavy (non-hydrogen) atoms. The summed E-state index contributed by atoms with van der Waals surface area (Å²) in [6.45, 7) is 7.19. The van der Waals surface area contributed by atoms with E-state index in [-0.39, 0.29) is 42.2 Å². The van der Waals surface area contributed by atoms with E-state index >= 15 is 0 Å². The molecule has 7 bridgehead atoms. The van der Waals surface area contributed by atoms with Gasteiger partial charge in [0.2, 0.25) is 0 Å². The number of methoxy groups -OCH3 is 2. The van der Waals surface area contributed by atoms with E-state index in [1.54, 1.807) is 14.2 Å². The Morgan fingerprint density at radius 1 is 1.23 bits per heavy atom. The summed E-state index contributed by atoms with van der Waals surface area (Å²) in [5.74, 6) is -1.58. The molecule has 0 unspecified atom stereocenters. The Morgan fingerprint density at radius 2 is 2.00 bits per heavy atom. The van der Waals surface area contributed by atoms with Gasteiger partial charge < -0.3 is 28.8 Å². The number of carbonyl (C=O) groups is 2. The summed E-state index contributed by atoms with van der Waals surface area (Å²) in [6.07, 6.45) is 1.13. The monoisotopic (exact) mass is 491 g/mol. The van der Waals surface area contributed by atoms with Crippen LogP contribution in [0.3, 0.4) is 0 Å². The average molecular weight is 492 g/mol. The molecule has 3 spiro atoms. The number of hydrogen-bond donors (Lipinski definition) is 1. The minimum absolute atomic E-state index is 0.0303. The van der Waals surface area contributed by atoms with Crippen molar-refractivity contribution < 1.29 is 38.4 Å². The number of rotatable bonds is 4. The number of likely N-dealkylation sites (tertiary alicyclic amines) is 1. The molecule has 0 aromatic heterocycles. The van der Waals surface area contributed by atoms with Crippen molar-refractivity contribution in [3.8, 4) is 0 Å². The first-order valence-corrected chi connectivity index (χ1v) is 13.1. The van der Waals surface area contributed by atoms with Crippen LogP contribution >= 0.6 is 0 Å². The minimum Gasteiger partial charge on any atom is -0.462 e. The largest absolute Gasteiger partial charge is 0.462 e. The average Bonchev–Trinajstić information content (AvgIpc) is 3.35. The molecule has 0 aromatic rings. The van der Waals surface area contributed by atoms with Crippen molar-refractivity contribution >= 4 is 11.8 Å². The number of carbonyl (C=O) groups excluding carboxylic acids is 2. The second kappa shape index (κ2) is 6.66. The predicted molar refractivity (Wildman–Crippen MR) is 120 cm³/mol. The summed E-state index contributed by atoms with van der Waals surface area (Å²) in [4.78, 5) is 29.6. The third kappa shape index (κ3) is 2.05. The number of ketones is 1. The van der Waals surface area contributed by atoms with E-state index < -0.39 is 46.1 Å². The van der Waals surface area contributed by atoms with Gasteiger partial charge in [0.1, 0.15) is 18.5 Å². The number of likely N-dealkylation sites (N-methyl/N-ethyl adjacent to an activating group) is 1. The molecule has 2 aliphatic heterocycles. The molecule has 194 valence electrons. The number of hydrogen-bond acceptors (Lipinski definition) is 9. The summed E-state index contributed by atoms with van der Waals surface area (Å²) in [5.41, 5.74) is -4.97. The highest BCUT2D eigenvalue weighted by Gasteiger charge is 2.97. The third-order valence-corrected chi connectivity index (χ3v) is 11.7. The van der Waals surface area contributed by atoms with Crippen molar-refractivity contribution in [2.24, 2.45) is 28.6 Å². The van der Waals surface area contributed by atoms with Crippen molar-refractivity contribution in [2.45, 2.75) is 87.6 Å². The maximum atomic E-state index is 14.9. The lowest BCUT2D eigenvalue weighted by atomic mass is 9.41. The molecule has 5 saturated carbocycles. The van der Waals surface area contributed by atoms with Crippen molar-refractivity contribution in [3.63, 3.8) is 0 Å². The van der Waals surface area contributed by atoms with Crippen LogP contribution in [-0.4, -0.2) is 97.0 Å². The molecular formula is C26H37NO8. The molecule has 7 aliphatic rings. The first-order valence-electron chi connectivity index (χ1n) is 13.1. The molecule has 2 saturated heterocycles. The molecule has 9 nitrogen and oxygen atoms in total. The van der Waals surface area contributed by atoms with Gasteiger partial charge in [-0.1, -0.05) is 13.8 Å². The van der Waals surface area contributed by atoms with Gasteiger partial charge in [-0.25, -0.2) is 0 Å². The number of Topliss-reactive ketones (excluding diaryl/α,β-unsaturated/α-hetero) is 1. The van der Waals surface area contributed by atoms with Crippen LogP contribution in [-0.2, 0) is 33.3 Å². The lowest BCUT2D eigenvalue weighted by molar-refractivity contribution is -0.331. The fraction of sp³-hybridized carbons (Fsp3) is 0.923. The van der Waals surface area contributed by atoms with Gasteiger partial charge in [-0.05, 0) is 31.2 Å². The van der Waals surface area contributed by atoms with Crippen molar-refractivity contribution in [3.05, 3.63) is 0 Å². The summed E-state index contributed by atoms with van der Waals surface area (Å²) in [5, 5.41) is 13.2. The van der Waals surface area contributed by atoms with E-state index in [0.29, 0.717) is 12.8 Å². The van der Waals surface area contributed by atoms with Gasteiger partial charge in [0.15, 0.2) is 11.4 Å². The van der Waals surface area contributed by atoms with Crippen molar-refractivity contribution in [2.75, 3.05) is 34.1 Å². The number of nitrogens with zero attached hydrogens (tertiary/aromatic N) is 1. The normalized spacial score (nSPS) is 59.5. The van der Waals surface area contributed by atoms with Crippen molar-refractivity contribution in [1.82, 2.24) is 4.90 Å². The van der Waals surface area contributed by atoms with Gasteiger partial charge in [0.05, 0.1) is 35.2 Å². The van der Waals surface area contributed by atoms with E-state index in [0.717, 1.165) is 25.9 Å². The SMILES string of the molecule is CCN1C[C@]2(C)CC[C@H](OC)[C@]34[C@@H]2C(=O)[C@@]2(OCO[C@@]25C[C@H](OC)[C@H]2C[C@]3(O)[C@@H]5[C@H]2OC(C)=O)[C@@H]14. The molecule has 1 N–H and O–H groups in total. The fourth-order valence-corrected chi connectivity index (χ4v) is 11.1. The summed E-state index contributed by atoms with van der Waals surface area (Å²) in [7, 11) is 3.34. The van der Waals surface area contributed by atoms with Crippen LogP contribution in [0, 0.1) is 28.6 Å². The number of ether oxygens (including phenoxy) is 5. The van der Waals surface area contributed by atoms with Gasteiger partial charge in [-0.15, -0.1) is 0 Å².